The maximum absolute atomic E-state index is 12.9. The zero-order chi connectivity index (χ0) is 15.0. The number of likely N-dealkylation sites (N-methyl/N-ethyl adjacent to an activating group) is 1. The molecular formula is C14H21N3O3S. The van der Waals surface area contributed by atoms with Gasteiger partial charge >= 0.3 is 0 Å². The first-order chi connectivity index (χ1) is 10.0. The second-order valence-corrected chi connectivity index (χ2v) is 7.53. The number of hydrogen-bond donors (Lipinski definition) is 1. The lowest BCUT2D eigenvalue weighted by Gasteiger charge is -2.38. The van der Waals surface area contributed by atoms with Gasteiger partial charge in [0.15, 0.2) is 0 Å². The average Bonchev–Trinajstić information content (AvgIpc) is 2.94. The zero-order valence-corrected chi connectivity index (χ0v) is 13.0. The number of fused-ring (bicyclic) bond motifs is 1. The number of nitrogens with two attached hydrogens (primary N) is 1. The average molecular weight is 311 g/mol. The number of piperazine rings is 1. The number of sulfonamides is 1. The first kappa shape index (κ1) is 14.8. The minimum atomic E-state index is -3.50. The number of benzene rings is 1. The summed E-state index contributed by atoms with van der Waals surface area (Å²) in [7, 11) is -1.51. The van der Waals surface area contributed by atoms with Crippen LogP contribution in [0, 0.1) is 0 Å². The van der Waals surface area contributed by atoms with Crippen LogP contribution in [-0.2, 0) is 16.4 Å². The largest absolute Gasteiger partial charge is 0.493 e. The van der Waals surface area contributed by atoms with Crippen molar-refractivity contribution < 1.29 is 13.2 Å². The molecule has 0 saturated carbocycles. The summed E-state index contributed by atoms with van der Waals surface area (Å²) < 4.78 is 32.7. The van der Waals surface area contributed by atoms with Crippen LogP contribution >= 0.6 is 0 Å². The standard InChI is InChI=1S/C14H21N3O3S/c1-16-5-6-17(12(9-15)10-16)21(18,19)13-2-3-14-11(8-13)4-7-20-14/h2-3,8,12H,4-7,9-10,15H2,1H3. The fourth-order valence-corrected chi connectivity index (χ4v) is 4.63. The molecule has 1 aromatic rings. The van der Waals surface area contributed by atoms with E-state index in [0.29, 0.717) is 31.1 Å². The molecule has 1 unspecified atom stereocenters. The van der Waals surface area contributed by atoms with Crippen molar-refractivity contribution in [3.63, 3.8) is 0 Å². The smallest absolute Gasteiger partial charge is 0.243 e. The Labute approximate surface area is 125 Å². The van der Waals surface area contributed by atoms with Gasteiger partial charge in [0.05, 0.1) is 17.5 Å². The molecule has 0 aliphatic carbocycles. The highest BCUT2D eigenvalue weighted by molar-refractivity contribution is 7.89. The molecule has 0 aromatic heterocycles. The van der Waals surface area contributed by atoms with Crippen molar-refractivity contribution in [2.24, 2.45) is 5.73 Å². The van der Waals surface area contributed by atoms with Crippen LogP contribution in [0.4, 0.5) is 0 Å². The normalized spacial score (nSPS) is 23.8. The SMILES string of the molecule is CN1CCN(S(=O)(=O)c2ccc3c(c2)CCO3)C(CN)C1. The molecule has 1 fully saturated rings. The molecule has 1 atom stereocenters. The van der Waals surface area contributed by atoms with Crippen molar-refractivity contribution in [3.05, 3.63) is 23.8 Å². The van der Waals surface area contributed by atoms with E-state index >= 15 is 0 Å². The monoisotopic (exact) mass is 311 g/mol. The Morgan fingerprint density at radius 3 is 2.95 bits per heavy atom. The van der Waals surface area contributed by atoms with E-state index in [1.54, 1.807) is 22.5 Å². The van der Waals surface area contributed by atoms with Gasteiger partial charge in [-0.15, -0.1) is 0 Å². The van der Waals surface area contributed by atoms with Gasteiger partial charge in [0.2, 0.25) is 10.0 Å². The van der Waals surface area contributed by atoms with Crippen molar-refractivity contribution in [3.8, 4) is 5.75 Å². The minimum absolute atomic E-state index is 0.168. The minimum Gasteiger partial charge on any atom is -0.493 e. The first-order valence-corrected chi connectivity index (χ1v) is 8.62. The highest BCUT2D eigenvalue weighted by Gasteiger charge is 2.34. The van der Waals surface area contributed by atoms with Gasteiger partial charge in [-0.05, 0) is 30.8 Å². The van der Waals surface area contributed by atoms with Crippen LogP contribution in [0.2, 0.25) is 0 Å². The Morgan fingerprint density at radius 2 is 2.19 bits per heavy atom. The summed E-state index contributed by atoms with van der Waals surface area (Å²) in [4.78, 5) is 2.45. The zero-order valence-electron chi connectivity index (χ0n) is 12.2. The van der Waals surface area contributed by atoms with Gasteiger partial charge < -0.3 is 15.4 Å². The summed E-state index contributed by atoms with van der Waals surface area (Å²) in [5.41, 5.74) is 6.74. The fraction of sp³-hybridized carbons (Fsp3) is 0.571. The second kappa shape index (κ2) is 5.57. The number of nitrogens with zero attached hydrogens (tertiary/aromatic N) is 2. The van der Waals surface area contributed by atoms with Gasteiger partial charge in [-0.3, -0.25) is 0 Å². The maximum atomic E-state index is 12.9. The predicted molar refractivity (Wildman–Crippen MR) is 79.9 cm³/mol. The number of ether oxygens (including phenoxy) is 1. The van der Waals surface area contributed by atoms with Crippen LogP contribution in [0.15, 0.2) is 23.1 Å². The summed E-state index contributed by atoms with van der Waals surface area (Å²) in [5, 5.41) is 0. The lowest BCUT2D eigenvalue weighted by Crippen LogP contribution is -2.56. The highest BCUT2D eigenvalue weighted by atomic mass is 32.2. The molecule has 0 bridgehead atoms. The molecule has 7 heteroatoms. The third kappa shape index (κ3) is 2.66. The molecule has 0 radical (unpaired) electrons. The van der Waals surface area contributed by atoms with Crippen LogP contribution in [0.1, 0.15) is 5.56 Å². The third-order valence-electron chi connectivity index (χ3n) is 4.17. The summed E-state index contributed by atoms with van der Waals surface area (Å²) >= 11 is 0. The van der Waals surface area contributed by atoms with Gasteiger partial charge in [0, 0.05) is 32.6 Å². The van der Waals surface area contributed by atoms with Crippen molar-refractivity contribution in [1.82, 2.24) is 9.21 Å². The molecule has 1 saturated heterocycles. The molecule has 2 N–H and O–H groups in total. The number of rotatable bonds is 3. The van der Waals surface area contributed by atoms with Crippen molar-refractivity contribution in [2.75, 3.05) is 39.8 Å². The molecule has 3 rings (SSSR count). The molecule has 116 valence electrons. The molecule has 2 heterocycles. The van der Waals surface area contributed by atoms with E-state index in [-0.39, 0.29) is 6.04 Å². The van der Waals surface area contributed by atoms with Crippen molar-refractivity contribution in [1.29, 1.82) is 0 Å². The van der Waals surface area contributed by atoms with E-state index in [9.17, 15) is 8.42 Å². The molecule has 21 heavy (non-hydrogen) atoms. The molecule has 1 aromatic carbocycles. The highest BCUT2D eigenvalue weighted by Crippen LogP contribution is 2.29. The van der Waals surface area contributed by atoms with Crippen LogP contribution in [-0.4, -0.2) is 63.5 Å². The third-order valence-corrected chi connectivity index (χ3v) is 6.12. The first-order valence-electron chi connectivity index (χ1n) is 7.18. The summed E-state index contributed by atoms with van der Waals surface area (Å²) in [6.45, 7) is 2.83. The lowest BCUT2D eigenvalue weighted by molar-refractivity contribution is 0.164. The van der Waals surface area contributed by atoms with E-state index in [4.69, 9.17) is 10.5 Å². The van der Waals surface area contributed by atoms with E-state index in [2.05, 4.69) is 4.90 Å². The van der Waals surface area contributed by atoms with Gasteiger partial charge in [-0.1, -0.05) is 0 Å². The topological polar surface area (TPSA) is 75.9 Å². The van der Waals surface area contributed by atoms with Crippen LogP contribution in [0.25, 0.3) is 0 Å². The van der Waals surface area contributed by atoms with Crippen LogP contribution in [0.3, 0.4) is 0 Å². The maximum Gasteiger partial charge on any atom is 0.243 e. The molecule has 6 nitrogen and oxygen atoms in total. The van der Waals surface area contributed by atoms with Crippen LogP contribution in [0.5, 0.6) is 5.75 Å². The van der Waals surface area contributed by atoms with Gasteiger partial charge in [0.25, 0.3) is 0 Å². The Morgan fingerprint density at radius 1 is 1.38 bits per heavy atom. The lowest BCUT2D eigenvalue weighted by atomic mass is 10.2. The van der Waals surface area contributed by atoms with E-state index in [1.165, 1.54) is 0 Å². The van der Waals surface area contributed by atoms with E-state index in [0.717, 1.165) is 24.3 Å². The molecule has 2 aliphatic heterocycles. The van der Waals surface area contributed by atoms with Gasteiger partial charge in [-0.25, -0.2) is 8.42 Å². The molecule has 2 aliphatic rings. The fourth-order valence-electron chi connectivity index (χ4n) is 2.96. The van der Waals surface area contributed by atoms with Crippen molar-refractivity contribution >= 4 is 10.0 Å². The summed E-state index contributed by atoms with van der Waals surface area (Å²) in [6, 6.07) is 4.95. The molecular weight excluding hydrogens is 290 g/mol. The van der Waals surface area contributed by atoms with Gasteiger partial charge in [0.1, 0.15) is 5.75 Å². The second-order valence-electron chi connectivity index (χ2n) is 5.64. The Bertz CT molecular complexity index is 632. The van der Waals surface area contributed by atoms with E-state index in [1.807, 2.05) is 7.05 Å². The summed E-state index contributed by atoms with van der Waals surface area (Å²) in [6.07, 6.45) is 0.766. The Hall–Kier alpha value is -1.15. The quantitative estimate of drug-likeness (QED) is 0.842. The van der Waals surface area contributed by atoms with Gasteiger partial charge in [-0.2, -0.15) is 4.31 Å². The Balaban J connectivity index is 1.92. The molecule has 0 amide bonds. The van der Waals surface area contributed by atoms with Crippen LogP contribution < -0.4 is 10.5 Å². The van der Waals surface area contributed by atoms with Crippen molar-refractivity contribution in [2.45, 2.75) is 17.4 Å². The Kier molecular flexibility index (Phi) is 3.92. The predicted octanol–water partition coefficient (Wildman–Crippen LogP) is -0.115. The summed E-state index contributed by atoms with van der Waals surface area (Å²) in [5.74, 6) is 0.794. The molecule has 0 spiro atoms. The number of hydrogen-bond acceptors (Lipinski definition) is 5. The van der Waals surface area contributed by atoms with E-state index < -0.39 is 10.0 Å².